The lowest BCUT2D eigenvalue weighted by atomic mass is 9.93. The van der Waals surface area contributed by atoms with Crippen molar-refractivity contribution in [1.29, 1.82) is 0 Å². The van der Waals surface area contributed by atoms with E-state index in [9.17, 15) is 4.79 Å². The molecule has 0 radical (unpaired) electrons. The lowest BCUT2D eigenvalue weighted by molar-refractivity contribution is -0.121. The molecule has 0 aromatic carbocycles. The fourth-order valence-corrected chi connectivity index (χ4v) is 2.85. The fraction of sp³-hybridized carbons (Fsp3) is 0.929. The van der Waals surface area contributed by atoms with Gasteiger partial charge in [0.05, 0.1) is 0 Å². The SMILES string of the molecule is CN1CCCC(CCC(=O)NCC2(CN)CC2)C1. The predicted molar refractivity (Wildman–Crippen MR) is 73.2 cm³/mol. The highest BCUT2D eigenvalue weighted by molar-refractivity contribution is 5.75. The summed E-state index contributed by atoms with van der Waals surface area (Å²) in [5.74, 6) is 0.918. The van der Waals surface area contributed by atoms with E-state index in [0.29, 0.717) is 18.9 Å². The summed E-state index contributed by atoms with van der Waals surface area (Å²) in [6.45, 7) is 3.86. The third kappa shape index (κ3) is 3.95. The zero-order valence-corrected chi connectivity index (χ0v) is 11.6. The van der Waals surface area contributed by atoms with Gasteiger partial charge in [-0.25, -0.2) is 0 Å². The van der Waals surface area contributed by atoms with Gasteiger partial charge in [-0.15, -0.1) is 0 Å². The number of nitrogens with two attached hydrogens (primary N) is 1. The van der Waals surface area contributed by atoms with Gasteiger partial charge < -0.3 is 16.0 Å². The minimum atomic E-state index is 0.211. The average Bonchev–Trinajstić information content (AvgIpc) is 3.15. The Morgan fingerprint density at radius 1 is 1.50 bits per heavy atom. The van der Waals surface area contributed by atoms with Gasteiger partial charge in [-0.05, 0) is 63.6 Å². The molecule has 18 heavy (non-hydrogen) atoms. The van der Waals surface area contributed by atoms with Crippen LogP contribution >= 0.6 is 0 Å². The molecule has 4 nitrogen and oxygen atoms in total. The third-order valence-corrected chi connectivity index (χ3v) is 4.55. The van der Waals surface area contributed by atoms with Gasteiger partial charge >= 0.3 is 0 Å². The third-order valence-electron chi connectivity index (χ3n) is 4.55. The molecule has 2 fully saturated rings. The van der Waals surface area contributed by atoms with Gasteiger partial charge in [0.15, 0.2) is 0 Å². The second-order valence-electron chi connectivity index (χ2n) is 6.29. The van der Waals surface area contributed by atoms with E-state index in [1.165, 1.54) is 32.2 Å². The largest absolute Gasteiger partial charge is 0.355 e. The molecule has 0 aromatic heterocycles. The Hall–Kier alpha value is -0.610. The molecule has 0 spiro atoms. The van der Waals surface area contributed by atoms with Gasteiger partial charge in [-0.3, -0.25) is 4.79 Å². The molecule has 2 rings (SSSR count). The van der Waals surface area contributed by atoms with Crippen LogP contribution in [0.2, 0.25) is 0 Å². The van der Waals surface area contributed by atoms with E-state index in [1.54, 1.807) is 0 Å². The lowest BCUT2D eigenvalue weighted by Crippen LogP contribution is -2.35. The van der Waals surface area contributed by atoms with Crippen molar-refractivity contribution in [3.63, 3.8) is 0 Å². The number of rotatable bonds is 6. The van der Waals surface area contributed by atoms with E-state index < -0.39 is 0 Å². The van der Waals surface area contributed by atoms with Crippen molar-refractivity contribution in [3.05, 3.63) is 0 Å². The molecule has 1 heterocycles. The van der Waals surface area contributed by atoms with Crippen LogP contribution in [0.25, 0.3) is 0 Å². The van der Waals surface area contributed by atoms with E-state index in [4.69, 9.17) is 5.73 Å². The van der Waals surface area contributed by atoms with Gasteiger partial charge in [-0.2, -0.15) is 0 Å². The Labute approximate surface area is 110 Å². The predicted octanol–water partition coefficient (Wildman–Crippen LogP) is 0.964. The Bertz CT molecular complexity index is 289. The van der Waals surface area contributed by atoms with Gasteiger partial charge in [0.25, 0.3) is 0 Å². The summed E-state index contributed by atoms with van der Waals surface area (Å²) in [6.07, 6.45) is 6.63. The standard InChI is InChI=1S/C14H27N3O/c1-17-8-2-3-12(9-17)4-5-13(18)16-11-14(10-15)6-7-14/h12H,2-11,15H2,1H3,(H,16,18). The number of likely N-dealkylation sites (tertiary alicyclic amines) is 1. The van der Waals surface area contributed by atoms with Crippen LogP contribution in [0, 0.1) is 11.3 Å². The van der Waals surface area contributed by atoms with Gasteiger partial charge in [0.2, 0.25) is 5.91 Å². The summed E-state index contributed by atoms with van der Waals surface area (Å²) in [4.78, 5) is 14.2. The van der Waals surface area contributed by atoms with Crippen LogP contribution in [-0.4, -0.2) is 44.0 Å². The molecular formula is C14H27N3O. The number of nitrogens with one attached hydrogen (secondary N) is 1. The number of amides is 1. The Balaban J connectivity index is 1.59. The first-order valence-electron chi connectivity index (χ1n) is 7.29. The van der Waals surface area contributed by atoms with E-state index >= 15 is 0 Å². The summed E-state index contributed by atoms with van der Waals surface area (Å²) >= 11 is 0. The van der Waals surface area contributed by atoms with E-state index in [2.05, 4.69) is 17.3 Å². The van der Waals surface area contributed by atoms with Crippen LogP contribution in [0.3, 0.4) is 0 Å². The van der Waals surface area contributed by atoms with Crippen LogP contribution in [0.4, 0.5) is 0 Å². The molecule has 1 aliphatic heterocycles. The molecule has 2 aliphatic rings. The smallest absolute Gasteiger partial charge is 0.220 e. The van der Waals surface area contributed by atoms with E-state index in [-0.39, 0.29) is 11.3 Å². The number of hydrogen-bond donors (Lipinski definition) is 2. The molecule has 0 aromatic rings. The molecule has 3 N–H and O–H groups in total. The lowest BCUT2D eigenvalue weighted by Gasteiger charge is -2.29. The number of carbonyl (C=O) groups excluding carboxylic acids is 1. The van der Waals surface area contributed by atoms with Crippen LogP contribution in [0.15, 0.2) is 0 Å². The van der Waals surface area contributed by atoms with Crippen LogP contribution in [-0.2, 0) is 4.79 Å². The van der Waals surface area contributed by atoms with Crippen molar-refractivity contribution < 1.29 is 4.79 Å². The first kappa shape index (κ1) is 13.8. The average molecular weight is 253 g/mol. The molecule has 0 bridgehead atoms. The summed E-state index contributed by atoms with van der Waals surface area (Å²) in [5.41, 5.74) is 5.96. The van der Waals surface area contributed by atoms with Crippen molar-refractivity contribution >= 4 is 5.91 Å². The summed E-state index contributed by atoms with van der Waals surface area (Å²) in [6, 6.07) is 0. The summed E-state index contributed by atoms with van der Waals surface area (Å²) < 4.78 is 0. The number of nitrogens with zero attached hydrogens (tertiary/aromatic N) is 1. The van der Waals surface area contributed by atoms with Crippen molar-refractivity contribution in [2.24, 2.45) is 17.1 Å². The van der Waals surface area contributed by atoms with Gasteiger partial charge in [0.1, 0.15) is 0 Å². The summed E-state index contributed by atoms with van der Waals surface area (Å²) in [5, 5.41) is 3.05. The monoisotopic (exact) mass is 253 g/mol. The first-order chi connectivity index (χ1) is 8.63. The van der Waals surface area contributed by atoms with Crippen molar-refractivity contribution in [3.8, 4) is 0 Å². The molecule has 1 unspecified atom stereocenters. The normalized spacial score (nSPS) is 26.9. The number of piperidine rings is 1. The second-order valence-corrected chi connectivity index (χ2v) is 6.29. The quantitative estimate of drug-likeness (QED) is 0.741. The molecule has 1 atom stereocenters. The highest BCUT2D eigenvalue weighted by Gasteiger charge is 2.41. The van der Waals surface area contributed by atoms with Gasteiger partial charge in [0, 0.05) is 19.5 Å². The maximum atomic E-state index is 11.8. The first-order valence-corrected chi connectivity index (χ1v) is 7.29. The molecule has 1 amide bonds. The maximum Gasteiger partial charge on any atom is 0.220 e. The summed E-state index contributed by atoms with van der Waals surface area (Å²) in [7, 11) is 2.17. The Morgan fingerprint density at radius 3 is 2.89 bits per heavy atom. The number of hydrogen-bond acceptors (Lipinski definition) is 3. The highest BCUT2D eigenvalue weighted by atomic mass is 16.1. The zero-order chi connectivity index (χ0) is 13.0. The van der Waals surface area contributed by atoms with E-state index in [1.807, 2.05) is 0 Å². The molecule has 1 saturated heterocycles. The molecule has 4 heteroatoms. The molecule has 104 valence electrons. The van der Waals surface area contributed by atoms with Crippen molar-refractivity contribution in [1.82, 2.24) is 10.2 Å². The van der Waals surface area contributed by atoms with Crippen molar-refractivity contribution in [2.45, 2.75) is 38.5 Å². The Kier molecular flexibility index (Phi) is 4.62. The molecule has 1 aliphatic carbocycles. The topological polar surface area (TPSA) is 58.4 Å². The van der Waals surface area contributed by atoms with Crippen LogP contribution in [0.1, 0.15) is 38.5 Å². The fourth-order valence-electron chi connectivity index (χ4n) is 2.85. The second kappa shape index (κ2) is 6.02. The van der Waals surface area contributed by atoms with E-state index in [0.717, 1.165) is 19.5 Å². The maximum absolute atomic E-state index is 11.8. The minimum Gasteiger partial charge on any atom is -0.355 e. The molecular weight excluding hydrogens is 226 g/mol. The zero-order valence-electron chi connectivity index (χ0n) is 11.6. The van der Waals surface area contributed by atoms with Crippen LogP contribution in [0.5, 0.6) is 0 Å². The highest BCUT2D eigenvalue weighted by Crippen LogP contribution is 2.43. The minimum absolute atomic E-state index is 0.211. The van der Waals surface area contributed by atoms with Crippen molar-refractivity contribution in [2.75, 3.05) is 33.2 Å². The van der Waals surface area contributed by atoms with Crippen LogP contribution < -0.4 is 11.1 Å². The number of carbonyl (C=O) groups is 1. The molecule has 1 saturated carbocycles. The Morgan fingerprint density at radius 2 is 2.28 bits per heavy atom. The van der Waals surface area contributed by atoms with Gasteiger partial charge in [-0.1, -0.05) is 0 Å².